The van der Waals surface area contributed by atoms with Crippen LogP contribution in [0.1, 0.15) is 56.7 Å². The maximum absolute atomic E-state index is 13.5. The van der Waals surface area contributed by atoms with E-state index in [9.17, 15) is 22.8 Å². The van der Waals surface area contributed by atoms with Gasteiger partial charge < -0.3 is 10.2 Å². The zero-order chi connectivity index (χ0) is 23.3. The molecule has 1 fully saturated rings. The average molecular weight is 447 g/mol. The monoisotopic (exact) mass is 446 g/mol. The number of benzene rings is 2. The smallest absolute Gasteiger partial charge is 0.331 e. The molecule has 1 saturated carbocycles. The number of halogens is 3. The van der Waals surface area contributed by atoms with E-state index in [0.717, 1.165) is 11.1 Å². The van der Waals surface area contributed by atoms with Gasteiger partial charge >= 0.3 is 6.18 Å². The van der Waals surface area contributed by atoms with E-state index >= 15 is 0 Å². The Morgan fingerprint density at radius 3 is 2.47 bits per heavy atom. The van der Waals surface area contributed by atoms with E-state index in [1.165, 1.54) is 6.92 Å². The normalized spacial score (nSPS) is 19.8. The number of hydrogen-bond donors (Lipinski definition) is 1. The lowest BCUT2D eigenvalue weighted by Crippen LogP contribution is -2.41. The van der Waals surface area contributed by atoms with Gasteiger partial charge in [0.1, 0.15) is 0 Å². The van der Waals surface area contributed by atoms with Crippen LogP contribution in [-0.4, -0.2) is 22.9 Å². The summed E-state index contributed by atoms with van der Waals surface area (Å²) in [6.07, 6.45) is -3.49. The number of amides is 2. The van der Waals surface area contributed by atoms with Gasteiger partial charge in [-0.25, -0.2) is 0 Å². The Labute approximate surface area is 186 Å². The summed E-state index contributed by atoms with van der Waals surface area (Å²) in [4.78, 5) is 26.6. The van der Waals surface area contributed by atoms with Crippen molar-refractivity contribution < 1.29 is 22.8 Å². The molecular formula is C25H29F3N2O2. The van der Waals surface area contributed by atoms with Crippen LogP contribution >= 0.6 is 0 Å². The van der Waals surface area contributed by atoms with Crippen LogP contribution < -0.4 is 5.32 Å². The van der Waals surface area contributed by atoms with Crippen molar-refractivity contribution in [1.82, 2.24) is 4.90 Å². The van der Waals surface area contributed by atoms with Gasteiger partial charge in [0.15, 0.2) is 0 Å². The van der Waals surface area contributed by atoms with Gasteiger partial charge in [0.05, 0.1) is 12.0 Å². The largest absolute Gasteiger partial charge is 0.391 e. The van der Waals surface area contributed by atoms with E-state index in [0.29, 0.717) is 25.1 Å². The van der Waals surface area contributed by atoms with Crippen LogP contribution in [0.3, 0.4) is 0 Å². The first-order chi connectivity index (χ1) is 15.1. The molecule has 3 atom stereocenters. The van der Waals surface area contributed by atoms with Crippen molar-refractivity contribution in [2.24, 2.45) is 11.8 Å². The molecule has 1 aliphatic carbocycles. The first-order valence-corrected chi connectivity index (χ1v) is 10.9. The molecule has 0 spiro atoms. The molecule has 0 aromatic heterocycles. The summed E-state index contributed by atoms with van der Waals surface area (Å²) in [5.74, 6) is -2.53. The molecule has 4 nitrogen and oxygen atoms in total. The molecule has 3 rings (SSSR count). The molecule has 7 heteroatoms. The summed E-state index contributed by atoms with van der Waals surface area (Å²) >= 11 is 0. The molecule has 32 heavy (non-hydrogen) atoms. The minimum Gasteiger partial charge on any atom is -0.331 e. The number of alkyl halides is 3. The van der Waals surface area contributed by atoms with Crippen molar-refractivity contribution in [1.29, 1.82) is 0 Å². The highest BCUT2D eigenvalue weighted by Crippen LogP contribution is 2.41. The Balaban J connectivity index is 1.88. The second kappa shape index (κ2) is 10.2. The fourth-order valence-electron chi connectivity index (χ4n) is 4.39. The predicted molar refractivity (Wildman–Crippen MR) is 118 cm³/mol. The lowest BCUT2D eigenvalue weighted by atomic mass is 9.80. The second-order valence-corrected chi connectivity index (χ2v) is 8.54. The third-order valence-corrected chi connectivity index (χ3v) is 6.12. The van der Waals surface area contributed by atoms with Gasteiger partial charge in [-0.2, -0.15) is 13.2 Å². The van der Waals surface area contributed by atoms with Gasteiger partial charge in [0.2, 0.25) is 11.8 Å². The quantitative estimate of drug-likeness (QED) is 0.583. The molecule has 3 unspecified atom stereocenters. The van der Waals surface area contributed by atoms with E-state index in [1.54, 1.807) is 23.1 Å². The van der Waals surface area contributed by atoms with E-state index < -0.39 is 18.0 Å². The molecule has 1 N–H and O–H groups in total. The van der Waals surface area contributed by atoms with E-state index in [1.807, 2.05) is 43.3 Å². The van der Waals surface area contributed by atoms with E-state index in [2.05, 4.69) is 5.32 Å². The number of carbonyl (C=O) groups excluding carboxylic acids is 2. The molecule has 2 aromatic carbocycles. The summed E-state index contributed by atoms with van der Waals surface area (Å²) < 4.78 is 40.0. The average Bonchev–Trinajstić information content (AvgIpc) is 2.76. The Hall–Kier alpha value is -2.83. The Kier molecular flexibility index (Phi) is 7.59. The number of nitrogens with one attached hydrogen (secondary N) is 1. The van der Waals surface area contributed by atoms with E-state index in [-0.39, 0.29) is 30.7 Å². The first-order valence-electron chi connectivity index (χ1n) is 10.9. The lowest BCUT2D eigenvalue weighted by Gasteiger charge is -2.36. The lowest BCUT2D eigenvalue weighted by molar-refractivity contribution is -0.187. The number of anilines is 1. The highest BCUT2D eigenvalue weighted by molar-refractivity contribution is 5.88. The summed E-state index contributed by atoms with van der Waals surface area (Å²) in [6.45, 7) is 3.59. The molecule has 172 valence electrons. The van der Waals surface area contributed by atoms with Gasteiger partial charge in [-0.1, -0.05) is 48.9 Å². The highest BCUT2D eigenvalue weighted by atomic mass is 19.4. The van der Waals surface area contributed by atoms with Crippen molar-refractivity contribution in [3.8, 4) is 0 Å². The van der Waals surface area contributed by atoms with Crippen molar-refractivity contribution in [2.45, 2.75) is 58.3 Å². The third kappa shape index (κ3) is 6.11. The molecule has 0 heterocycles. The summed E-state index contributed by atoms with van der Waals surface area (Å²) in [5.41, 5.74) is 2.33. The van der Waals surface area contributed by atoms with Crippen LogP contribution in [0.4, 0.5) is 18.9 Å². The SMILES string of the molecule is CC(=O)Nc1cccc(C(C)N(Cc2ccccc2)C(=O)C2CCCC(C(F)(F)F)C2)c1. The van der Waals surface area contributed by atoms with Crippen LogP contribution in [0.2, 0.25) is 0 Å². The molecule has 0 aliphatic heterocycles. The maximum Gasteiger partial charge on any atom is 0.391 e. The minimum atomic E-state index is -4.28. The molecule has 0 radical (unpaired) electrons. The summed E-state index contributed by atoms with van der Waals surface area (Å²) in [7, 11) is 0. The molecule has 0 bridgehead atoms. The molecule has 2 amide bonds. The van der Waals surface area contributed by atoms with Crippen molar-refractivity contribution in [2.75, 3.05) is 5.32 Å². The number of carbonyl (C=O) groups is 2. The molecule has 1 aliphatic rings. The Morgan fingerprint density at radius 1 is 1.09 bits per heavy atom. The van der Waals surface area contributed by atoms with E-state index in [4.69, 9.17) is 0 Å². The van der Waals surface area contributed by atoms with Crippen LogP contribution in [0.5, 0.6) is 0 Å². The first kappa shape index (κ1) is 23.8. The van der Waals surface area contributed by atoms with Gasteiger partial charge in [-0.05, 0) is 49.4 Å². The van der Waals surface area contributed by atoms with Crippen molar-refractivity contribution >= 4 is 17.5 Å². The number of nitrogens with zero attached hydrogens (tertiary/aromatic N) is 1. The minimum absolute atomic E-state index is 0.0836. The highest BCUT2D eigenvalue weighted by Gasteiger charge is 2.44. The third-order valence-electron chi connectivity index (χ3n) is 6.12. The van der Waals surface area contributed by atoms with Crippen molar-refractivity contribution in [3.05, 3.63) is 65.7 Å². The number of hydrogen-bond acceptors (Lipinski definition) is 2. The molecule has 0 saturated heterocycles. The topological polar surface area (TPSA) is 49.4 Å². The van der Waals surface area contributed by atoms with Crippen LogP contribution in [0.25, 0.3) is 0 Å². The maximum atomic E-state index is 13.5. The summed E-state index contributed by atoms with van der Waals surface area (Å²) in [6, 6.07) is 16.3. The standard InChI is InChI=1S/C25H29F3N2O2/c1-17(20-10-7-13-23(15-20)29-18(2)31)30(16-19-8-4-3-5-9-19)24(32)21-11-6-12-22(14-21)25(26,27)28/h3-5,7-10,13,15,17,21-22H,6,11-12,14,16H2,1-2H3,(H,29,31). The van der Waals surface area contributed by atoms with Gasteiger partial charge in [-0.15, -0.1) is 0 Å². The fraction of sp³-hybridized carbons (Fsp3) is 0.440. The fourth-order valence-corrected chi connectivity index (χ4v) is 4.39. The van der Waals surface area contributed by atoms with Crippen LogP contribution in [0, 0.1) is 11.8 Å². The van der Waals surface area contributed by atoms with Gasteiger partial charge in [-0.3, -0.25) is 9.59 Å². The Morgan fingerprint density at radius 2 is 1.81 bits per heavy atom. The van der Waals surface area contributed by atoms with Gasteiger partial charge in [0, 0.05) is 25.1 Å². The molecule has 2 aromatic rings. The summed E-state index contributed by atoms with van der Waals surface area (Å²) in [5, 5.41) is 2.74. The zero-order valence-corrected chi connectivity index (χ0v) is 18.4. The van der Waals surface area contributed by atoms with Gasteiger partial charge in [0.25, 0.3) is 0 Å². The van der Waals surface area contributed by atoms with Crippen LogP contribution in [-0.2, 0) is 16.1 Å². The second-order valence-electron chi connectivity index (χ2n) is 8.54. The zero-order valence-electron chi connectivity index (χ0n) is 18.4. The predicted octanol–water partition coefficient (Wildman–Crippen LogP) is 6.10. The van der Waals surface area contributed by atoms with Crippen molar-refractivity contribution in [3.63, 3.8) is 0 Å². The van der Waals surface area contributed by atoms with Crippen LogP contribution in [0.15, 0.2) is 54.6 Å². The number of rotatable bonds is 6. The Bertz CT molecular complexity index is 930. The molecular weight excluding hydrogens is 417 g/mol.